The lowest BCUT2D eigenvalue weighted by Crippen LogP contribution is -2.68. The monoisotopic (exact) mass is 505 g/mol. The van der Waals surface area contributed by atoms with E-state index in [0.29, 0.717) is 15.9 Å². The molecule has 0 bridgehead atoms. The fourth-order valence-electron chi connectivity index (χ4n) is 4.10. The number of benzene rings is 2. The summed E-state index contributed by atoms with van der Waals surface area (Å²) in [5.74, 6) is -3.58. The molecule has 3 aromatic rings. The normalized spacial score (nSPS) is 25.9. The van der Waals surface area contributed by atoms with Gasteiger partial charge in [-0.1, -0.05) is 30.3 Å². The van der Waals surface area contributed by atoms with E-state index in [9.17, 15) is 39.6 Å². The van der Waals surface area contributed by atoms with Gasteiger partial charge in [0.05, 0.1) is 25.8 Å². The molecule has 0 aliphatic carbocycles. The number of aromatic nitrogens is 2. The van der Waals surface area contributed by atoms with E-state index < -0.39 is 59.6 Å². The Morgan fingerprint density at radius 3 is 2.42 bits per heavy atom. The third kappa shape index (κ3) is 4.02. The fraction of sp³-hybridized carbons (Fsp3) is 0.304. The number of nitrogens with zero attached hydrogens (tertiary/aromatic N) is 2. The molecule has 0 saturated carbocycles. The van der Waals surface area contributed by atoms with Gasteiger partial charge in [0.15, 0.2) is 0 Å². The molecule has 13 heteroatoms. The highest BCUT2D eigenvalue weighted by atomic mass is 19.1. The number of aliphatic hydroxyl groups excluding tert-OH is 2. The Kier molecular flexibility index (Phi) is 6.81. The Morgan fingerprint density at radius 1 is 1.14 bits per heavy atom. The minimum atomic E-state index is -3.26. The van der Waals surface area contributed by atoms with E-state index in [-0.39, 0.29) is 10.6 Å². The standard InChI is InChI=1S/C23H24FN3O9/c1-35-14-8-6-13(7-9-14)10-27(34)22(32)19(29)18(12-28)36-23(22,33)26-11-16(20(30)25-21(26)31)15-4-2-3-5-17(15)24/h2-9,11,18-19,28-29,32-34H,10,12H2,1H3,(H,25,30,31)/t18-,19-,22-,23+/m1/s1. The molecule has 1 aromatic heterocycles. The molecule has 36 heavy (non-hydrogen) atoms. The number of hydrogen-bond donors (Lipinski definition) is 6. The van der Waals surface area contributed by atoms with Crippen LogP contribution in [0.3, 0.4) is 0 Å². The average molecular weight is 505 g/mol. The first kappa shape index (κ1) is 25.7. The molecule has 1 saturated heterocycles. The highest BCUT2D eigenvalue weighted by Gasteiger charge is 2.70. The van der Waals surface area contributed by atoms with Crippen LogP contribution in [0.15, 0.2) is 64.3 Å². The molecule has 1 aliphatic heterocycles. The molecule has 0 spiro atoms. The van der Waals surface area contributed by atoms with Gasteiger partial charge in [0.25, 0.3) is 5.56 Å². The molecular weight excluding hydrogens is 481 g/mol. The maximum atomic E-state index is 14.4. The summed E-state index contributed by atoms with van der Waals surface area (Å²) in [4.78, 5) is 27.1. The minimum Gasteiger partial charge on any atom is -0.497 e. The summed E-state index contributed by atoms with van der Waals surface area (Å²) >= 11 is 0. The van der Waals surface area contributed by atoms with Gasteiger partial charge in [-0.25, -0.2) is 13.8 Å². The molecule has 0 unspecified atom stereocenters. The second-order valence-corrected chi connectivity index (χ2v) is 8.18. The Balaban J connectivity index is 1.84. The van der Waals surface area contributed by atoms with Gasteiger partial charge in [-0.2, -0.15) is 0 Å². The number of aliphatic hydroxyl groups is 4. The van der Waals surface area contributed by atoms with Crippen molar-refractivity contribution in [3.63, 3.8) is 0 Å². The number of H-pyrrole nitrogens is 1. The Hall–Kier alpha value is -3.43. The number of hydroxylamine groups is 2. The van der Waals surface area contributed by atoms with Gasteiger partial charge in [0.2, 0.25) is 5.72 Å². The second kappa shape index (κ2) is 9.55. The number of halogens is 1. The third-order valence-corrected chi connectivity index (χ3v) is 6.06. The van der Waals surface area contributed by atoms with Crippen LogP contribution >= 0.6 is 0 Å². The average Bonchev–Trinajstić information content (AvgIpc) is 3.07. The topological polar surface area (TPSA) is 178 Å². The Morgan fingerprint density at radius 2 is 1.81 bits per heavy atom. The number of methoxy groups -OCH3 is 1. The minimum absolute atomic E-state index is 0.134. The van der Waals surface area contributed by atoms with Crippen molar-refractivity contribution in [2.24, 2.45) is 0 Å². The smallest absolute Gasteiger partial charge is 0.332 e. The predicted molar refractivity (Wildman–Crippen MR) is 120 cm³/mol. The van der Waals surface area contributed by atoms with E-state index in [2.05, 4.69) is 0 Å². The van der Waals surface area contributed by atoms with Crippen molar-refractivity contribution >= 4 is 0 Å². The first-order chi connectivity index (χ1) is 17.1. The lowest BCUT2D eigenvalue weighted by molar-refractivity contribution is -0.413. The van der Waals surface area contributed by atoms with Gasteiger partial charge in [0.1, 0.15) is 23.8 Å². The summed E-state index contributed by atoms with van der Waals surface area (Å²) in [5.41, 5.74) is -5.76. The zero-order valence-corrected chi connectivity index (χ0v) is 18.9. The lowest BCUT2D eigenvalue weighted by Gasteiger charge is -2.42. The van der Waals surface area contributed by atoms with Crippen LogP contribution in [0.2, 0.25) is 0 Å². The Bertz CT molecular complexity index is 1360. The molecule has 192 valence electrons. The summed E-state index contributed by atoms with van der Waals surface area (Å²) in [6.45, 7) is -1.43. The van der Waals surface area contributed by atoms with Crippen molar-refractivity contribution < 1.29 is 39.5 Å². The van der Waals surface area contributed by atoms with Crippen molar-refractivity contribution in [1.29, 1.82) is 0 Å². The van der Waals surface area contributed by atoms with E-state index in [1.165, 1.54) is 37.4 Å². The molecule has 0 radical (unpaired) electrons. The van der Waals surface area contributed by atoms with E-state index in [0.717, 1.165) is 12.3 Å². The van der Waals surface area contributed by atoms with E-state index in [1.807, 2.05) is 4.98 Å². The first-order valence-electron chi connectivity index (χ1n) is 10.7. The first-order valence-corrected chi connectivity index (χ1v) is 10.7. The highest BCUT2D eigenvalue weighted by molar-refractivity contribution is 5.62. The number of ether oxygens (including phenoxy) is 2. The lowest BCUT2D eigenvalue weighted by atomic mass is 9.99. The molecule has 1 fully saturated rings. The largest absolute Gasteiger partial charge is 0.497 e. The van der Waals surface area contributed by atoms with E-state index in [4.69, 9.17) is 9.47 Å². The molecule has 4 atom stereocenters. The number of rotatable bonds is 7. The van der Waals surface area contributed by atoms with Gasteiger partial charge >= 0.3 is 11.6 Å². The van der Waals surface area contributed by atoms with Gasteiger partial charge in [0, 0.05) is 11.8 Å². The molecular formula is C23H24FN3O9. The van der Waals surface area contributed by atoms with Crippen LogP contribution in [-0.2, 0) is 17.2 Å². The molecule has 6 N–H and O–H groups in total. The van der Waals surface area contributed by atoms with Crippen LogP contribution in [0.1, 0.15) is 5.56 Å². The zero-order chi connectivity index (χ0) is 26.3. The number of aromatic amines is 1. The summed E-state index contributed by atoms with van der Waals surface area (Å²) in [6.07, 6.45) is -3.12. The van der Waals surface area contributed by atoms with Gasteiger partial charge in [-0.05, 0) is 23.8 Å². The maximum absolute atomic E-state index is 14.4. The quantitative estimate of drug-likeness (QED) is 0.177. The van der Waals surface area contributed by atoms with E-state index in [1.54, 1.807) is 12.1 Å². The van der Waals surface area contributed by atoms with Crippen molar-refractivity contribution in [1.82, 2.24) is 14.6 Å². The summed E-state index contributed by atoms with van der Waals surface area (Å²) < 4.78 is 25.0. The molecule has 4 rings (SSSR count). The van der Waals surface area contributed by atoms with Crippen LogP contribution in [0, 0.1) is 5.82 Å². The third-order valence-electron chi connectivity index (χ3n) is 6.06. The molecule has 2 aromatic carbocycles. The van der Waals surface area contributed by atoms with Crippen molar-refractivity contribution in [3.05, 3.63) is 86.9 Å². The van der Waals surface area contributed by atoms with Crippen LogP contribution in [0.4, 0.5) is 4.39 Å². The van der Waals surface area contributed by atoms with Crippen molar-refractivity contribution in [2.45, 2.75) is 30.4 Å². The van der Waals surface area contributed by atoms with Gasteiger partial charge in [-0.15, -0.1) is 5.06 Å². The van der Waals surface area contributed by atoms with Crippen LogP contribution in [0.25, 0.3) is 11.1 Å². The predicted octanol–water partition coefficient (Wildman–Crippen LogP) is -0.714. The van der Waals surface area contributed by atoms with Crippen LogP contribution < -0.4 is 16.0 Å². The fourth-order valence-corrected chi connectivity index (χ4v) is 4.10. The Labute approximate surface area is 202 Å². The summed E-state index contributed by atoms with van der Waals surface area (Å²) in [7, 11) is 1.45. The maximum Gasteiger partial charge on any atom is 0.332 e. The highest BCUT2D eigenvalue weighted by Crippen LogP contribution is 2.43. The van der Waals surface area contributed by atoms with Crippen LogP contribution in [0.5, 0.6) is 5.75 Å². The van der Waals surface area contributed by atoms with Gasteiger partial charge < -0.3 is 35.1 Å². The molecule has 0 amide bonds. The molecule has 1 aliphatic rings. The molecule has 12 nitrogen and oxygen atoms in total. The SMILES string of the molecule is COc1ccc(CN(O)[C@@]2(O)[C@H](O)[C@@H](CO)O[C@]2(O)n2cc(-c3ccccc3F)c(=O)[nH]c2=O)cc1. The van der Waals surface area contributed by atoms with Crippen molar-refractivity contribution in [3.8, 4) is 16.9 Å². The number of hydrogen-bond acceptors (Lipinski definition) is 10. The van der Waals surface area contributed by atoms with Crippen molar-refractivity contribution in [2.75, 3.05) is 13.7 Å². The second-order valence-electron chi connectivity index (χ2n) is 8.18. The van der Waals surface area contributed by atoms with Gasteiger partial charge in [-0.3, -0.25) is 9.78 Å². The number of nitrogens with one attached hydrogen (secondary N) is 1. The summed E-state index contributed by atoms with van der Waals surface area (Å²) in [5, 5.41) is 54.3. The summed E-state index contributed by atoms with van der Waals surface area (Å²) in [6, 6.07) is 11.3. The zero-order valence-electron chi connectivity index (χ0n) is 18.9. The van der Waals surface area contributed by atoms with E-state index >= 15 is 0 Å². The van der Waals surface area contributed by atoms with Crippen LogP contribution in [-0.4, -0.2) is 71.9 Å². The molecule has 2 heterocycles.